The number of benzene rings is 12. The molecule has 0 saturated heterocycles. The molecule has 12 aromatic rings. The predicted octanol–water partition coefficient (Wildman–Crippen LogP) is 14.9. The highest BCUT2D eigenvalue weighted by Crippen LogP contribution is 2.37. The van der Waals surface area contributed by atoms with Gasteiger partial charge in [-0.2, -0.15) is 0 Å². The van der Waals surface area contributed by atoms with Crippen molar-refractivity contribution >= 4 is 102 Å². The van der Waals surface area contributed by atoms with E-state index in [1.165, 1.54) is 24.3 Å². The van der Waals surface area contributed by atoms with Crippen molar-refractivity contribution in [2.45, 2.75) is 26.1 Å². The maximum atomic E-state index is 14.6. The van der Waals surface area contributed by atoms with Crippen molar-refractivity contribution < 1.29 is 67.1 Å². The Morgan fingerprint density at radius 2 is 0.637 bits per heavy atom. The van der Waals surface area contributed by atoms with Crippen LogP contribution in [0.3, 0.4) is 0 Å². The van der Waals surface area contributed by atoms with Gasteiger partial charge >= 0.3 is 0 Å². The molecule has 4 aliphatic rings. The van der Waals surface area contributed by atoms with E-state index in [1.54, 1.807) is 176 Å². The Bertz CT molecular complexity index is 5730. The van der Waals surface area contributed by atoms with Crippen LogP contribution in [0.2, 0.25) is 0 Å². The van der Waals surface area contributed by atoms with Crippen LogP contribution in [0.25, 0.3) is 21.5 Å². The number of nitrogens with one attached hydrogen (secondary N) is 4. The molecule has 0 spiro atoms. The van der Waals surface area contributed by atoms with E-state index in [4.69, 9.17) is 19.1 Å². The molecule has 0 aliphatic heterocycles. The molecule has 0 unspecified atom stereocenters. The maximum absolute atomic E-state index is 14.6. The van der Waals surface area contributed by atoms with Crippen molar-refractivity contribution in [3.63, 3.8) is 0 Å². The Hall–Kier alpha value is -13.4. The van der Waals surface area contributed by atoms with E-state index in [0.717, 1.165) is 16.3 Å². The average molecular weight is 1340 g/mol. The van der Waals surface area contributed by atoms with Crippen LogP contribution in [0, 0.1) is 0 Å². The molecular weight excluding hydrogens is 1290 g/mol. The van der Waals surface area contributed by atoms with Crippen molar-refractivity contribution in [2.75, 3.05) is 34.8 Å². The summed E-state index contributed by atoms with van der Waals surface area (Å²) < 4.78 is 13.0. The summed E-state index contributed by atoms with van der Waals surface area (Å²) in [5.41, 5.74) is 13.6. The predicted molar refractivity (Wildman–Crippen MR) is 380 cm³/mol. The maximum Gasteiger partial charge on any atom is 0.259 e. The largest absolute Gasteiger partial charge is 0.493 e. The van der Waals surface area contributed by atoms with Gasteiger partial charge in [0.05, 0.1) is 36.8 Å². The molecule has 16 rings (SSSR count). The van der Waals surface area contributed by atoms with E-state index in [1.807, 2.05) is 30.3 Å². The number of fused-ring (bicyclic) bond motifs is 10. The van der Waals surface area contributed by atoms with Crippen LogP contribution in [-0.4, -0.2) is 71.3 Å². The van der Waals surface area contributed by atoms with E-state index in [0.29, 0.717) is 96.5 Å². The Balaban J connectivity index is 0.626. The molecule has 0 atom stereocenters. The normalized spacial score (nSPS) is 13.1. The van der Waals surface area contributed by atoms with Gasteiger partial charge in [-0.1, -0.05) is 115 Å². The molecule has 0 fully saturated rings. The molecule has 0 aromatic heterocycles. The summed E-state index contributed by atoms with van der Waals surface area (Å²) in [4.78, 5) is 148. The minimum atomic E-state index is -0.608. The molecule has 494 valence electrons. The van der Waals surface area contributed by atoms with Gasteiger partial charge in [-0.05, 0) is 155 Å². The van der Waals surface area contributed by atoms with Gasteiger partial charge in [-0.15, -0.1) is 0 Å². The third-order valence-corrected chi connectivity index (χ3v) is 18.6. The number of hydrogen-bond acceptors (Lipinski definition) is 16. The number of unbranched alkanes of at least 4 members (excludes halogenated alkanes) is 1. The zero-order valence-corrected chi connectivity index (χ0v) is 53.9. The monoisotopic (exact) mass is 1340 g/mol. The highest BCUT2D eigenvalue weighted by atomic mass is 16.6. The Kier molecular flexibility index (Phi) is 16.2. The third-order valence-electron chi connectivity index (χ3n) is 18.6. The molecule has 0 heterocycles. The summed E-state index contributed by atoms with van der Waals surface area (Å²) in [7, 11) is 0. The second kappa shape index (κ2) is 26.1. The molecule has 2 amide bonds. The lowest BCUT2D eigenvalue weighted by atomic mass is 9.84. The van der Waals surface area contributed by atoms with E-state index in [2.05, 4.69) is 21.6 Å². The number of carbonyl (C=O) groups is 10. The van der Waals surface area contributed by atoms with Crippen molar-refractivity contribution in [1.82, 2.24) is 0 Å². The topological polar surface area (TPSA) is 256 Å². The van der Waals surface area contributed by atoms with Crippen molar-refractivity contribution in [3.05, 3.63) is 342 Å². The summed E-state index contributed by atoms with van der Waals surface area (Å²) in [6.07, 6.45) is 0.930. The number of ketones is 8. The number of anilines is 4. The fraction of sp³-hybridized carbons (Fsp3) is 0.0714. The Labute approximate surface area is 580 Å². The standard InChI is InChI=1S/C84H54N4O14/c89-75-56-11-1-5-15-60(56)79(93)68-39-52(23-27-64(68)75)85-83(97)48-22-21-47-38-74(72(36-50(47)34-48)84(98)86-53-24-28-65-69(40-53)80(94)61-16-6-2-12-57(61)76(65)90)100-32-10-9-31-99-73-37-46-20-19-45(43-101-87-54-25-29-66-70(41-54)81(95)62-17-7-3-13-58(62)77(66)91)33-49(46)35-51(73)44-102-88-55-26-30-67-71(42-55)82(96)63-18-8-4-14-59(63)78(67)92/h1-8,11-30,33-42,87-88H,9-10,31-32,43-44H2,(H,85,97)(H,86,98). The fourth-order valence-electron chi connectivity index (χ4n) is 13.5. The molecule has 0 saturated carbocycles. The van der Waals surface area contributed by atoms with Gasteiger partial charge in [-0.25, -0.2) is 0 Å². The molecule has 0 bridgehead atoms. The first-order valence-corrected chi connectivity index (χ1v) is 32.8. The number of rotatable bonds is 19. The van der Waals surface area contributed by atoms with E-state index >= 15 is 0 Å². The lowest BCUT2D eigenvalue weighted by Crippen LogP contribution is -2.21. The highest BCUT2D eigenvalue weighted by molar-refractivity contribution is 6.32. The first-order chi connectivity index (χ1) is 49.7. The zero-order valence-electron chi connectivity index (χ0n) is 53.9. The number of carbonyl (C=O) groups excluding carboxylic acids is 10. The molecular formula is C84H54N4O14. The van der Waals surface area contributed by atoms with Crippen LogP contribution in [0.5, 0.6) is 11.5 Å². The Morgan fingerprint density at radius 3 is 1.09 bits per heavy atom. The molecule has 4 N–H and O–H groups in total. The summed E-state index contributed by atoms with van der Waals surface area (Å²) in [5, 5.41) is 8.55. The minimum Gasteiger partial charge on any atom is -0.493 e. The lowest BCUT2D eigenvalue weighted by molar-refractivity contribution is 0.0979. The average Bonchev–Trinajstić information content (AvgIpc) is 0.778. The number of ether oxygens (including phenoxy) is 2. The van der Waals surface area contributed by atoms with Crippen LogP contribution in [-0.2, 0) is 22.9 Å². The summed E-state index contributed by atoms with van der Waals surface area (Å²) in [6.45, 7) is 0.446. The van der Waals surface area contributed by atoms with E-state index < -0.39 is 11.8 Å². The number of hydrogen-bond donors (Lipinski definition) is 4. The molecule has 12 aromatic carbocycles. The molecule has 18 heteroatoms. The molecule has 4 aliphatic carbocycles. The van der Waals surface area contributed by atoms with Gasteiger partial charge in [0.25, 0.3) is 11.8 Å². The highest BCUT2D eigenvalue weighted by Gasteiger charge is 2.34. The third kappa shape index (κ3) is 11.6. The smallest absolute Gasteiger partial charge is 0.259 e. The van der Waals surface area contributed by atoms with E-state index in [9.17, 15) is 47.9 Å². The zero-order chi connectivity index (χ0) is 69.9. The lowest BCUT2D eigenvalue weighted by Gasteiger charge is -2.19. The van der Waals surface area contributed by atoms with Crippen LogP contribution >= 0.6 is 0 Å². The first kappa shape index (κ1) is 63.3. The van der Waals surface area contributed by atoms with Gasteiger partial charge in [0.2, 0.25) is 0 Å². The van der Waals surface area contributed by atoms with Gasteiger partial charge in [0, 0.05) is 112 Å². The SMILES string of the molecule is O=C(Nc1ccc2c(c1)C(=O)c1ccccc1C2=O)c1ccc2cc(OCCCCOc3cc4ccc(CONc5ccc6c(c5)C(=O)c5ccccc5C6=O)cc4cc3CONc3ccc4c(c3)C(=O)c3ccccc3C4=O)c(C(=O)Nc3ccc4c(c3)C(=O)c3ccccc3C4=O)cc2c1. The van der Waals surface area contributed by atoms with E-state index in [-0.39, 0.29) is 140 Å². The van der Waals surface area contributed by atoms with Crippen LogP contribution in [0.4, 0.5) is 22.7 Å². The summed E-state index contributed by atoms with van der Waals surface area (Å²) >= 11 is 0. The summed E-state index contributed by atoms with van der Waals surface area (Å²) in [5.74, 6) is -2.69. The Morgan fingerprint density at radius 1 is 0.284 bits per heavy atom. The fourth-order valence-corrected chi connectivity index (χ4v) is 13.5. The van der Waals surface area contributed by atoms with Gasteiger partial charge in [0.15, 0.2) is 46.3 Å². The molecule has 0 radical (unpaired) electrons. The van der Waals surface area contributed by atoms with Gasteiger partial charge in [0.1, 0.15) is 18.1 Å². The van der Waals surface area contributed by atoms with Crippen molar-refractivity contribution in [3.8, 4) is 11.5 Å². The summed E-state index contributed by atoms with van der Waals surface area (Å²) in [6, 6.07) is 63.4. The van der Waals surface area contributed by atoms with Crippen molar-refractivity contribution in [1.29, 1.82) is 0 Å². The number of amides is 2. The van der Waals surface area contributed by atoms with Crippen molar-refractivity contribution in [2.24, 2.45) is 0 Å². The minimum absolute atomic E-state index is 0.0178. The van der Waals surface area contributed by atoms with Gasteiger partial charge < -0.3 is 20.1 Å². The second-order valence-electron chi connectivity index (χ2n) is 25.0. The van der Waals surface area contributed by atoms with Gasteiger partial charge in [-0.3, -0.25) is 68.6 Å². The molecule has 18 nitrogen and oxygen atoms in total. The van der Waals surface area contributed by atoms with Crippen LogP contribution in [0.15, 0.2) is 231 Å². The first-order valence-electron chi connectivity index (χ1n) is 32.8. The van der Waals surface area contributed by atoms with Crippen LogP contribution < -0.4 is 31.1 Å². The van der Waals surface area contributed by atoms with Crippen LogP contribution in [0.1, 0.15) is 172 Å². The second-order valence-corrected chi connectivity index (χ2v) is 25.0. The molecule has 102 heavy (non-hydrogen) atoms. The quantitative estimate of drug-likeness (QED) is 0.0433.